The van der Waals surface area contributed by atoms with E-state index >= 15 is 0 Å². The van der Waals surface area contributed by atoms with Gasteiger partial charge in [0.15, 0.2) is 6.04 Å². The minimum atomic E-state index is -0.925. The molecule has 0 aliphatic rings. The Kier molecular flexibility index (Phi) is 5.91. The van der Waals surface area contributed by atoms with Crippen LogP contribution in [-0.4, -0.2) is 33.2 Å². The summed E-state index contributed by atoms with van der Waals surface area (Å²) in [6.07, 6.45) is 2.07. The molecule has 0 bridgehead atoms. The van der Waals surface area contributed by atoms with Gasteiger partial charge in [-0.1, -0.05) is 41.6 Å². The van der Waals surface area contributed by atoms with Crippen LogP contribution in [-0.2, 0) is 17.0 Å². The fraction of sp³-hybridized carbons (Fsp3) is 0.211. The van der Waals surface area contributed by atoms with Gasteiger partial charge in [0.1, 0.15) is 5.75 Å². The standard InChI is InChI=1S/C19H19N3O3S/c1-25-16-8-5-9-17(11-16)26-13-15-12-22(21-20-15)18(19(23)24)10-14-6-3-2-4-7-14/h2-9,11-12,18H,10,13H2,1H3,(H,23,24)/t18-/m1/s1. The third-order valence-electron chi connectivity index (χ3n) is 3.86. The highest BCUT2D eigenvalue weighted by Crippen LogP contribution is 2.25. The Hall–Kier alpha value is -2.80. The van der Waals surface area contributed by atoms with Crippen molar-refractivity contribution in [1.82, 2.24) is 15.0 Å². The van der Waals surface area contributed by atoms with Crippen LogP contribution in [0.5, 0.6) is 5.75 Å². The number of benzene rings is 2. The average molecular weight is 369 g/mol. The molecule has 3 rings (SSSR count). The number of thioether (sulfide) groups is 1. The zero-order valence-electron chi connectivity index (χ0n) is 14.3. The van der Waals surface area contributed by atoms with Gasteiger partial charge in [0.05, 0.1) is 19.0 Å². The first-order valence-electron chi connectivity index (χ1n) is 8.10. The van der Waals surface area contributed by atoms with E-state index in [1.54, 1.807) is 25.1 Å². The van der Waals surface area contributed by atoms with E-state index in [9.17, 15) is 9.90 Å². The molecule has 0 spiro atoms. The third-order valence-corrected chi connectivity index (χ3v) is 4.89. The number of ether oxygens (including phenoxy) is 1. The maximum Gasteiger partial charge on any atom is 0.328 e. The summed E-state index contributed by atoms with van der Waals surface area (Å²) in [6.45, 7) is 0. The first kappa shape index (κ1) is 18.0. The van der Waals surface area contributed by atoms with Gasteiger partial charge in [-0.25, -0.2) is 9.48 Å². The summed E-state index contributed by atoms with van der Waals surface area (Å²) in [5.74, 6) is 0.475. The maximum absolute atomic E-state index is 11.7. The van der Waals surface area contributed by atoms with Gasteiger partial charge >= 0.3 is 5.97 Å². The lowest BCUT2D eigenvalue weighted by atomic mass is 10.1. The predicted molar refractivity (Wildman–Crippen MR) is 99.4 cm³/mol. The highest BCUT2D eigenvalue weighted by molar-refractivity contribution is 7.98. The second kappa shape index (κ2) is 8.53. The molecule has 0 fully saturated rings. The molecule has 134 valence electrons. The van der Waals surface area contributed by atoms with Crippen LogP contribution in [0.4, 0.5) is 0 Å². The molecule has 1 heterocycles. The molecule has 3 aromatic rings. The topological polar surface area (TPSA) is 77.2 Å². The normalized spacial score (nSPS) is 11.9. The zero-order valence-corrected chi connectivity index (χ0v) is 15.1. The van der Waals surface area contributed by atoms with Gasteiger partial charge in [-0.2, -0.15) is 0 Å². The maximum atomic E-state index is 11.7. The molecule has 1 N–H and O–H groups in total. The smallest absolute Gasteiger partial charge is 0.328 e. The number of hydrogen-bond donors (Lipinski definition) is 1. The highest BCUT2D eigenvalue weighted by atomic mass is 32.2. The van der Waals surface area contributed by atoms with Gasteiger partial charge in [-0.15, -0.1) is 16.9 Å². The molecule has 0 aliphatic heterocycles. The first-order valence-corrected chi connectivity index (χ1v) is 9.08. The summed E-state index contributed by atoms with van der Waals surface area (Å²) in [4.78, 5) is 12.7. The molecule has 2 aromatic carbocycles. The molecule has 0 saturated carbocycles. The fourth-order valence-electron chi connectivity index (χ4n) is 2.51. The van der Waals surface area contributed by atoms with Gasteiger partial charge in [-0.05, 0) is 23.8 Å². The van der Waals surface area contributed by atoms with E-state index in [1.807, 2.05) is 54.6 Å². The molecule has 0 amide bonds. The molecule has 0 radical (unpaired) electrons. The number of hydrogen-bond acceptors (Lipinski definition) is 5. The molecule has 6 nitrogen and oxygen atoms in total. The van der Waals surface area contributed by atoms with E-state index in [2.05, 4.69) is 10.3 Å². The number of nitrogens with zero attached hydrogens (tertiary/aromatic N) is 3. The highest BCUT2D eigenvalue weighted by Gasteiger charge is 2.21. The monoisotopic (exact) mass is 369 g/mol. The lowest BCUT2D eigenvalue weighted by Gasteiger charge is -2.12. The first-order chi connectivity index (χ1) is 12.7. The Morgan fingerprint density at radius 1 is 1.23 bits per heavy atom. The van der Waals surface area contributed by atoms with Gasteiger partial charge in [0.25, 0.3) is 0 Å². The largest absolute Gasteiger partial charge is 0.497 e. The minimum Gasteiger partial charge on any atom is -0.497 e. The Morgan fingerprint density at radius 2 is 2.04 bits per heavy atom. The molecular formula is C19H19N3O3S. The number of aromatic nitrogens is 3. The number of carboxylic acid groups (broad SMARTS) is 1. The second-order valence-electron chi connectivity index (χ2n) is 5.70. The van der Waals surface area contributed by atoms with Crippen molar-refractivity contribution in [3.8, 4) is 5.75 Å². The van der Waals surface area contributed by atoms with Crippen molar-refractivity contribution in [3.63, 3.8) is 0 Å². The van der Waals surface area contributed by atoms with Crippen molar-refractivity contribution >= 4 is 17.7 Å². The van der Waals surface area contributed by atoms with Crippen LogP contribution in [0.25, 0.3) is 0 Å². The second-order valence-corrected chi connectivity index (χ2v) is 6.75. The summed E-state index contributed by atoms with van der Waals surface area (Å²) in [7, 11) is 1.63. The number of methoxy groups -OCH3 is 1. The van der Waals surface area contributed by atoms with Crippen molar-refractivity contribution in [2.24, 2.45) is 0 Å². The van der Waals surface area contributed by atoms with Crippen molar-refractivity contribution in [2.45, 2.75) is 23.1 Å². The molecule has 0 aliphatic carbocycles. The lowest BCUT2D eigenvalue weighted by molar-refractivity contribution is -0.141. The minimum absolute atomic E-state index is 0.363. The van der Waals surface area contributed by atoms with Crippen LogP contribution in [0, 0.1) is 0 Å². The van der Waals surface area contributed by atoms with Gasteiger partial charge < -0.3 is 9.84 Å². The van der Waals surface area contributed by atoms with E-state index in [-0.39, 0.29) is 0 Å². The van der Waals surface area contributed by atoms with Crippen molar-refractivity contribution in [1.29, 1.82) is 0 Å². The summed E-state index contributed by atoms with van der Waals surface area (Å²) < 4.78 is 6.64. The van der Waals surface area contributed by atoms with Gasteiger partial charge in [0.2, 0.25) is 0 Å². The van der Waals surface area contributed by atoms with E-state index in [0.29, 0.717) is 12.2 Å². The zero-order chi connectivity index (χ0) is 18.4. The van der Waals surface area contributed by atoms with Gasteiger partial charge in [0, 0.05) is 17.1 Å². The number of carboxylic acids is 1. The van der Waals surface area contributed by atoms with Crippen LogP contribution in [0.3, 0.4) is 0 Å². The van der Waals surface area contributed by atoms with Crippen LogP contribution in [0.1, 0.15) is 17.3 Å². The van der Waals surface area contributed by atoms with Crippen molar-refractivity contribution < 1.29 is 14.6 Å². The Morgan fingerprint density at radius 3 is 2.77 bits per heavy atom. The quantitative estimate of drug-likeness (QED) is 0.613. The van der Waals surface area contributed by atoms with Crippen LogP contribution >= 0.6 is 11.8 Å². The van der Waals surface area contributed by atoms with Crippen molar-refractivity contribution in [3.05, 3.63) is 72.1 Å². The molecule has 0 saturated heterocycles. The molecule has 26 heavy (non-hydrogen) atoms. The Bertz CT molecular complexity index is 867. The Labute approximate surface area is 155 Å². The molecule has 7 heteroatoms. The number of aliphatic carboxylic acids is 1. The predicted octanol–water partition coefficient (Wildman–Crippen LogP) is 3.45. The van der Waals surface area contributed by atoms with Crippen LogP contribution in [0.15, 0.2) is 65.7 Å². The Balaban J connectivity index is 1.67. The van der Waals surface area contributed by atoms with Crippen LogP contribution in [0.2, 0.25) is 0 Å². The van der Waals surface area contributed by atoms with E-state index in [1.165, 1.54) is 4.68 Å². The van der Waals surface area contributed by atoms with E-state index in [4.69, 9.17) is 4.74 Å². The summed E-state index contributed by atoms with van der Waals surface area (Å²) >= 11 is 1.60. The lowest BCUT2D eigenvalue weighted by Crippen LogP contribution is -2.22. The molecule has 0 unspecified atom stereocenters. The summed E-state index contributed by atoms with van der Waals surface area (Å²) in [6, 6.07) is 16.5. The average Bonchev–Trinajstić information content (AvgIpc) is 3.14. The molecular weight excluding hydrogens is 350 g/mol. The molecule has 1 atom stereocenters. The SMILES string of the molecule is COc1cccc(SCc2cn([C@H](Cc3ccccc3)C(=O)O)nn2)c1. The number of rotatable bonds is 8. The summed E-state index contributed by atoms with van der Waals surface area (Å²) in [5, 5.41) is 17.7. The molecule has 1 aromatic heterocycles. The third kappa shape index (κ3) is 4.64. The number of carbonyl (C=O) groups is 1. The summed E-state index contributed by atoms with van der Waals surface area (Å²) in [5.41, 5.74) is 1.68. The van der Waals surface area contributed by atoms with Crippen molar-refractivity contribution in [2.75, 3.05) is 7.11 Å². The fourth-order valence-corrected chi connectivity index (χ4v) is 3.33. The van der Waals surface area contributed by atoms with E-state index < -0.39 is 12.0 Å². The van der Waals surface area contributed by atoms with Gasteiger partial charge in [-0.3, -0.25) is 0 Å². The van der Waals surface area contributed by atoms with E-state index in [0.717, 1.165) is 21.9 Å². The van der Waals surface area contributed by atoms with Crippen LogP contribution < -0.4 is 4.74 Å².